The topological polar surface area (TPSA) is 38.8 Å². The average molecular weight is 277 g/mol. The van der Waals surface area contributed by atoms with Gasteiger partial charge >= 0.3 is 0 Å². The van der Waals surface area contributed by atoms with Gasteiger partial charge in [0, 0.05) is 18.7 Å². The highest BCUT2D eigenvalue weighted by atomic mass is 16.5. The Balaban J connectivity index is 1.88. The molecule has 4 heteroatoms. The highest BCUT2D eigenvalue weighted by Crippen LogP contribution is 2.15. The van der Waals surface area contributed by atoms with Crippen molar-refractivity contribution in [1.82, 2.24) is 4.90 Å². The van der Waals surface area contributed by atoms with Crippen molar-refractivity contribution >= 4 is 5.91 Å². The minimum Gasteiger partial charge on any atom is -0.494 e. The highest BCUT2D eigenvalue weighted by Gasteiger charge is 2.18. The molecule has 1 fully saturated rings. The van der Waals surface area contributed by atoms with Gasteiger partial charge in [-0.1, -0.05) is 13.8 Å². The average Bonchev–Trinajstić information content (AvgIpc) is 2.48. The van der Waals surface area contributed by atoms with Crippen molar-refractivity contribution in [3.05, 3.63) is 29.8 Å². The van der Waals surface area contributed by atoms with Gasteiger partial charge in [-0.2, -0.15) is 0 Å². The molecule has 1 heterocycles. The summed E-state index contributed by atoms with van der Waals surface area (Å²) in [5, 5.41) is 0. The van der Waals surface area contributed by atoms with Gasteiger partial charge in [-0.25, -0.2) is 0 Å². The highest BCUT2D eigenvalue weighted by molar-refractivity contribution is 5.94. The number of ether oxygens (including phenoxy) is 2. The Morgan fingerprint density at radius 2 is 1.90 bits per heavy atom. The third-order valence-electron chi connectivity index (χ3n) is 3.36. The maximum absolute atomic E-state index is 12.2. The Bertz CT molecular complexity index is 422. The molecular weight excluding hydrogens is 254 g/mol. The first-order valence-corrected chi connectivity index (χ1v) is 7.26. The van der Waals surface area contributed by atoms with E-state index in [0.717, 1.165) is 12.2 Å². The SMILES string of the molecule is CC(C)CCOc1ccc(C(=O)N2CCOCC2)cc1. The third kappa shape index (κ3) is 4.23. The molecule has 20 heavy (non-hydrogen) atoms. The minimum absolute atomic E-state index is 0.0713. The summed E-state index contributed by atoms with van der Waals surface area (Å²) in [6.45, 7) is 7.66. The van der Waals surface area contributed by atoms with Crippen molar-refractivity contribution in [3.63, 3.8) is 0 Å². The van der Waals surface area contributed by atoms with E-state index in [4.69, 9.17) is 9.47 Å². The smallest absolute Gasteiger partial charge is 0.254 e. The zero-order chi connectivity index (χ0) is 14.4. The first-order chi connectivity index (χ1) is 9.66. The summed E-state index contributed by atoms with van der Waals surface area (Å²) in [6.07, 6.45) is 1.04. The molecule has 0 saturated carbocycles. The largest absolute Gasteiger partial charge is 0.494 e. The second-order valence-electron chi connectivity index (χ2n) is 5.46. The predicted octanol–water partition coefficient (Wildman–Crippen LogP) is 2.58. The summed E-state index contributed by atoms with van der Waals surface area (Å²) in [6, 6.07) is 7.41. The Morgan fingerprint density at radius 3 is 2.50 bits per heavy atom. The molecule has 0 N–H and O–H groups in total. The van der Waals surface area contributed by atoms with Gasteiger partial charge in [0.25, 0.3) is 5.91 Å². The summed E-state index contributed by atoms with van der Waals surface area (Å²) in [7, 11) is 0. The number of carbonyl (C=O) groups is 1. The van der Waals surface area contributed by atoms with E-state index in [2.05, 4.69) is 13.8 Å². The van der Waals surface area contributed by atoms with E-state index in [9.17, 15) is 4.79 Å². The Labute approximate surface area is 120 Å². The normalized spacial score (nSPS) is 15.4. The van der Waals surface area contributed by atoms with Crippen LogP contribution in [-0.4, -0.2) is 43.7 Å². The molecule has 0 aliphatic carbocycles. The number of rotatable bonds is 5. The van der Waals surface area contributed by atoms with E-state index >= 15 is 0 Å². The van der Waals surface area contributed by atoms with Crippen LogP contribution < -0.4 is 4.74 Å². The molecular formula is C16H23NO3. The van der Waals surface area contributed by atoms with Gasteiger partial charge < -0.3 is 14.4 Å². The molecule has 1 aromatic rings. The standard InChI is InChI=1S/C16H23NO3/c1-13(2)7-10-20-15-5-3-14(4-6-15)16(18)17-8-11-19-12-9-17/h3-6,13H,7-12H2,1-2H3. The van der Waals surface area contributed by atoms with Crippen LogP contribution in [-0.2, 0) is 4.74 Å². The van der Waals surface area contributed by atoms with Gasteiger partial charge in [-0.15, -0.1) is 0 Å². The molecule has 4 nitrogen and oxygen atoms in total. The molecule has 0 aromatic heterocycles. The number of benzene rings is 1. The van der Waals surface area contributed by atoms with Gasteiger partial charge in [0.2, 0.25) is 0 Å². The lowest BCUT2D eigenvalue weighted by atomic mass is 10.1. The van der Waals surface area contributed by atoms with Gasteiger partial charge in [0.05, 0.1) is 19.8 Å². The fourth-order valence-corrected chi connectivity index (χ4v) is 2.06. The molecule has 1 saturated heterocycles. The lowest BCUT2D eigenvalue weighted by Gasteiger charge is -2.26. The number of carbonyl (C=O) groups excluding carboxylic acids is 1. The molecule has 1 aliphatic heterocycles. The van der Waals surface area contributed by atoms with E-state index in [-0.39, 0.29) is 5.91 Å². The second kappa shape index (κ2) is 7.29. The van der Waals surface area contributed by atoms with Crippen molar-refractivity contribution < 1.29 is 14.3 Å². The van der Waals surface area contributed by atoms with Crippen molar-refractivity contribution in [1.29, 1.82) is 0 Å². The molecule has 0 atom stereocenters. The predicted molar refractivity (Wildman–Crippen MR) is 78.1 cm³/mol. The van der Waals surface area contributed by atoms with Gasteiger partial charge in [0.15, 0.2) is 0 Å². The molecule has 1 aromatic carbocycles. The molecule has 110 valence electrons. The molecule has 0 unspecified atom stereocenters. The minimum atomic E-state index is 0.0713. The fourth-order valence-electron chi connectivity index (χ4n) is 2.06. The molecule has 2 rings (SSSR count). The lowest BCUT2D eigenvalue weighted by molar-refractivity contribution is 0.0303. The number of amides is 1. The molecule has 1 amide bonds. The monoisotopic (exact) mass is 277 g/mol. The lowest BCUT2D eigenvalue weighted by Crippen LogP contribution is -2.40. The van der Waals surface area contributed by atoms with Crippen LogP contribution in [0.5, 0.6) is 5.75 Å². The van der Waals surface area contributed by atoms with Crippen LogP contribution in [0.15, 0.2) is 24.3 Å². The van der Waals surface area contributed by atoms with Crippen molar-refractivity contribution in [3.8, 4) is 5.75 Å². The van der Waals surface area contributed by atoms with Crippen LogP contribution in [0.3, 0.4) is 0 Å². The van der Waals surface area contributed by atoms with Crippen LogP contribution in [0.2, 0.25) is 0 Å². The zero-order valence-electron chi connectivity index (χ0n) is 12.3. The number of hydrogen-bond acceptors (Lipinski definition) is 3. The third-order valence-corrected chi connectivity index (χ3v) is 3.36. The van der Waals surface area contributed by atoms with Crippen LogP contribution in [0.25, 0.3) is 0 Å². The Morgan fingerprint density at radius 1 is 1.25 bits per heavy atom. The first kappa shape index (κ1) is 14.9. The number of morpholine rings is 1. The van der Waals surface area contributed by atoms with Crippen LogP contribution in [0.4, 0.5) is 0 Å². The Kier molecular flexibility index (Phi) is 5.41. The van der Waals surface area contributed by atoms with Crippen LogP contribution in [0.1, 0.15) is 30.6 Å². The summed E-state index contributed by atoms with van der Waals surface area (Å²) < 4.78 is 10.9. The molecule has 1 aliphatic rings. The number of nitrogens with zero attached hydrogens (tertiary/aromatic N) is 1. The maximum Gasteiger partial charge on any atom is 0.254 e. The Hall–Kier alpha value is -1.55. The molecule has 0 spiro atoms. The summed E-state index contributed by atoms with van der Waals surface area (Å²) in [5.74, 6) is 1.53. The maximum atomic E-state index is 12.2. The van der Waals surface area contributed by atoms with Crippen molar-refractivity contribution in [2.45, 2.75) is 20.3 Å². The second-order valence-corrected chi connectivity index (χ2v) is 5.46. The van der Waals surface area contributed by atoms with Crippen molar-refractivity contribution in [2.75, 3.05) is 32.9 Å². The molecule has 0 bridgehead atoms. The van der Waals surface area contributed by atoms with Crippen LogP contribution >= 0.6 is 0 Å². The summed E-state index contributed by atoms with van der Waals surface area (Å²) in [4.78, 5) is 14.1. The van der Waals surface area contributed by atoms with Gasteiger partial charge in [-0.05, 0) is 36.6 Å². The molecule has 0 radical (unpaired) electrons. The van der Waals surface area contributed by atoms with E-state index in [1.54, 1.807) is 0 Å². The van der Waals surface area contributed by atoms with E-state index < -0.39 is 0 Å². The van der Waals surface area contributed by atoms with Gasteiger partial charge in [0.1, 0.15) is 5.75 Å². The van der Waals surface area contributed by atoms with E-state index in [0.29, 0.717) is 44.4 Å². The van der Waals surface area contributed by atoms with Gasteiger partial charge in [-0.3, -0.25) is 4.79 Å². The first-order valence-electron chi connectivity index (χ1n) is 7.26. The quantitative estimate of drug-likeness (QED) is 0.830. The zero-order valence-corrected chi connectivity index (χ0v) is 12.3. The van der Waals surface area contributed by atoms with E-state index in [1.165, 1.54) is 0 Å². The fraction of sp³-hybridized carbons (Fsp3) is 0.562. The number of hydrogen-bond donors (Lipinski definition) is 0. The van der Waals surface area contributed by atoms with Crippen LogP contribution in [0, 0.1) is 5.92 Å². The summed E-state index contributed by atoms with van der Waals surface area (Å²) in [5.41, 5.74) is 0.711. The van der Waals surface area contributed by atoms with E-state index in [1.807, 2.05) is 29.2 Å². The summed E-state index contributed by atoms with van der Waals surface area (Å²) >= 11 is 0. The van der Waals surface area contributed by atoms with Crippen molar-refractivity contribution in [2.24, 2.45) is 5.92 Å².